The number of rotatable bonds is 6. The van der Waals surface area contributed by atoms with Crippen LogP contribution in [0.5, 0.6) is 0 Å². The van der Waals surface area contributed by atoms with Crippen molar-refractivity contribution < 1.29 is 52.2 Å². The van der Waals surface area contributed by atoms with Gasteiger partial charge < -0.3 is 42.6 Å². The van der Waals surface area contributed by atoms with E-state index in [0.717, 1.165) is 5.56 Å². The van der Waals surface area contributed by atoms with E-state index in [0.29, 0.717) is 5.56 Å². The maximum atomic E-state index is 13.2. The summed E-state index contributed by atoms with van der Waals surface area (Å²) in [6.45, 7) is 1.97. The van der Waals surface area contributed by atoms with Crippen molar-refractivity contribution in [2.45, 2.75) is 72.4 Å². The second-order valence-electron chi connectivity index (χ2n) is 9.86. The first-order valence-electron chi connectivity index (χ1n) is 13.0. The number of carbonyl (C=O) groups excluding carboxylic acids is 2. The van der Waals surface area contributed by atoms with Crippen molar-refractivity contribution in [1.82, 2.24) is 0 Å². The molecular weight excluding hydrogens is 639 g/mol. The number of methoxy groups -OCH3 is 1. The molecule has 6 rings (SSSR count). The molecular formula is C28H29IO11. The Hall–Kier alpha value is -2.33. The number of alkyl halides is 1. The lowest BCUT2D eigenvalue weighted by molar-refractivity contribution is -0.378. The van der Waals surface area contributed by atoms with Crippen LogP contribution >= 0.6 is 22.6 Å². The van der Waals surface area contributed by atoms with Gasteiger partial charge in [0.05, 0.1) is 18.3 Å². The SMILES string of the molecule is CO[C@H]1O[C@@H]2CO[C@@H](c3ccccc3)O[C@H]2[C@H](O[C@@H]2O[C@H](C)[C@@H]3OC(=O)O[C@@H]3[C@H]2I)[C@H]1OC(=O)c1ccccc1. The first-order chi connectivity index (χ1) is 19.4. The number of hydrogen-bond donors (Lipinski definition) is 0. The normalized spacial score (nSPS) is 38.9. The Morgan fingerprint density at radius 1 is 0.875 bits per heavy atom. The molecule has 11 atom stereocenters. The molecule has 4 saturated heterocycles. The molecule has 4 fully saturated rings. The summed E-state index contributed by atoms with van der Waals surface area (Å²) in [4.78, 5) is 25.1. The van der Waals surface area contributed by atoms with E-state index in [1.54, 1.807) is 31.2 Å². The summed E-state index contributed by atoms with van der Waals surface area (Å²) in [5, 5.41) is 0. The van der Waals surface area contributed by atoms with Crippen LogP contribution in [0.2, 0.25) is 0 Å². The van der Waals surface area contributed by atoms with Crippen molar-refractivity contribution in [2.24, 2.45) is 0 Å². The molecule has 4 aliphatic heterocycles. The fraction of sp³-hybridized carbons (Fsp3) is 0.500. The van der Waals surface area contributed by atoms with Crippen molar-refractivity contribution in [1.29, 1.82) is 0 Å². The number of hydrogen-bond acceptors (Lipinski definition) is 11. The van der Waals surface area contributed by atoms with Gasteiger partial charge in [-0.2, -0.15) is 0 Å². The Labute approximate surface area is 244 Å². The van der Waals surface area contributed by atoms with Gasteiger partial charge in [-0.05, 0) is 19.1 Å². The third-order valence-electron chi connectivity index (χ3n) is 7.31. The van der Waals surface area contributed by atoms with Gasteiger partial charge in [-0.3, -0.25) is 0 Å². The molecule has 0 bridgehead atoms. The molecule has 4 heterocycles. The van der Waals surface area contributed by atoms with Crippen molar-refractivity contribution in [3.05, 3.63) is 71.8 Å². The van der Waals surface area contributed by atoms with Crippen LogP contribution in [0.4, 0.5) is 4.79 Å². The standard InChI is InChI=1S/C28H29IO11/c1-14-19-21(40-28(31)39-19)18(29)26(34-14)38-22-20-17(13-33-25(37-20)16-11-7-4-8-12-16)35-27(32-2)23(22)36-24(30)15-9-5-3-6-10-15/h3-12,14,17-23,25-27H,13H2,1-2H3/t14-,17-,18-,19+,20-,21-,22+,23-,25-,26+,27+/m1/s1. The summed E-state index contributed by atoms with van der Waals surface area (Å²) < 4.78 is 53.2. The fourth-order valence-electron chi connectivity index (χ4n) is 5.34. The van der Waals surface area contributed by atoms with E-state index in [1.165, 1.54) is 7.11 Å². The summed E-state index contributed by atoms with van der Waals surface area (Å²) >= 11 is 2.13. The van der Waals surface area contributed by atoms with Crippen LogP contribution < -0.4 is 0 Å². The maximum absolute atomic E-state index is 13.2. The molecule has 0 amide bonds. The van der Waals surface area contributed by atoms with Gasteiger partial charge in [-0.1, -0.05) is 71.1 Å². The number of ether oxygens (including phenoxy) is 9. The molecule has 40 heavy (non-hydrogen) atoms. The Morgan fingerprint density at radius 3 is 2.30 bits per heavy atom. The van der Waals surface area contributed by atoms with Crippen molar-refractivity contribution in [3.63, 3.8) is 0 Å². The number of fused-ring (bicyclic) bond motifs is 2. The van der Waals surface area contributed by atoms with E-state index in [-0.39, 0.29) is 6.61 Å². The molecule has 4 aliphatic rings. The van der Waals surface area contributed by atoms with E-state index >= 15 is 0 Å². The van der Waals surface area contributed by atoms with Gasteiger partial charge in [0.2, 0.25) is 0 Å². The van der Waals surface area contributed by atoms with E-state index in [9.17, 15) is 9.59 Å². The van der Waals surface area contributed by atoms with Crippen LogP contribution in [-0.4, -0.2) is 85.1 Å². The quantitative estimate of drug-likeness (QED) is 0.256. The van der Waals surface area contributed by atoms with Crippen molar-refractivity contribution in [2.75, 3.05) is 13.7 Å². The number of benzene rings is 2. The molecule has 0 saturated carbocycles. The highest BCUT2D eigenvalue weighted by Crippen LogP contribution is 2.40. The van der Waals surface area contributed by atoms with E-state index in [4.69, 9.17) is 42.6 Å². The van der Waals surface area contributed by atoms with Gasteiger partial charge in [0, 0.05) is 12.7 Å². The van der Waals surface area contributed by atoms with Gasteiger partial charge in [-0.25, -0.2) is 9.59 Å². The summed E-state index contributed by atoms with van der Waals surface area (Å²) in [5.74, 6) is -0.572. The predicted molar refractivity (Wildman–Crippen MR) is 143 cm³/mol. The summed E-state index contributed by atoms with van der Waals surface area (Å²) in [7, 11) is 1.46. The Morgan fingerprint density at radius 2 is 1.57 bits per heavy atom. The predicted octanol–water partition coefficient (Wildman–Crippen LogP) is 3.54. The smallest absolute Gasteiger partial charge is 0.450 e. The Bertz CT molecular complexity index is 1180. The van der Waals surface area contributed by atoms with Gasteiger partial charge in [0.25, 0.3) is 0 Å². The maximum Gasteiger partial charge on any atom is 0.509 e. The van der Waals surface area contributed by atoms with E-state index < -0.39 is 77.6 Å². The minimum Gasteiger partial charge on any atom is -0.450 e. The number of esters is 1. The van der Waals surface area contributed by atoms with Crippen LogP contribution in [0, 0.1) is 0 Å². The van der Waals surface area contributed by atoms with Gasteiger partial charge >= 0.3 is 12.1 Å². The molecule has 214 valence electrons. The minimum absolute atomic E-state index is 0.190. The zero-order valence-electron chi connectivity index (χ0n) is 21.7. The number of halogens is 1. The second-order valence-corrected chi connectivity index (χ2v) is 11.3. The Kier molecular flexibility index (Phi) is 8.26. The van der Waals surface area contributed by atoms with Crippen LogP contribution in [0.1, 0.15) is 29.1 Å². The molecule has 2 aromatic rings. The molecule has 0 aliphatic carbocycles. The topological polar surface area (TPSA) is 117 Å². The van der Waals surface area contributed by atoms with Crippen LogP contribution in [0.3, 0.4) is 0 Å². The van der Waals surface area contributed by atoms with Gasteiger partial charge in [-0.15, -0.1) is 0 Å². The molecule has 0 radical (unpaired) electrons. The average molecular weight is 668 g/mol. The third kappa shape index (κ3) is 5.45. The first kappa shape index (κ1) is 27.8. The molecule has 0 spiro atoms. The van der Waals surface area contributed by atoms with E-state index in [1.807, 2.05) is 36.4 Å². The third-order valence-corrected chi connectivity index (χ3v) is 8.60. The largest absolute Gasteiger partial charge is 0.509 e. The van der Waals surface area contributed by atoms with Crippen molar-refractivity contribution >= 4 is 34.7 Å². The summed E-state index contributed by atoms with van der Waals surface area (Å²) in [6, 6.07) is 18.1. The molecule has 2 aromatic carbocycles. The lowest BCUT2D eigenvalue weighted by atomic mass is 9.96. The van der Waals surface area contributed by atoms with Crippen LogP contribution in [0.15, 0.2) is 60.7 Å². The Balaban J connectivity index is 1.31. The highest BCUT2D eigenvalue weighted by molar-refractivity contribution is 14.1. The zero-order chi connectivity index (χ0) is 27.8. The van der Waals surface area contributed by atoms with Gasteiger partial charge in [0.15, 0.2) is 37.2 Å². The zero-order valence-corrected chi connectivity index (χ0v) is 23.9. The van der Waals surface area contributed by atoms with E-state index in [2.05, 4.69) is 22.6 Å². The highest BCUT2D eigenvalue weighted by atomic mass is 127. The van der Waals surface area contributed by atoms with Crippen LogP contribution in [-0.2, 0) is 42.6 Å². The van der Waals surface area contributed by atoms with Crippen molar-refractivity contribution in [3.8, 4) is 0 Å². The van der Waals surface area contributed by atoms with Crippen LogP contribution in [0.25, 0.3) is 0 Å². The molecule has 0 N–H and O–H groups in total. The molecule has 11 nitrogen and oxygen atoms in total. The average Bonchev–Trinajstić information content (AvgIpc) is 3.39. The monoisotopic (exact) mass is 668 g/mol. The second kappa shape index (κ2) is 11.9. The molecule has 12 heteroatoms. The van der Waals surface area contributed by atoms with Gasteiger partial charge in [0.1, 0.15) is 22.2 Å². The number of carbonyl (C=O) groups is 2. The fourth-order valence-corrected chi connectivity index (χ4v) is 6.23. The minimum atomic E-state index is -1.03. The lowest BCUT2D eigenvalue weighted by Gasteiger charge is -2.50. The highest BCUT2D eigenvalue weighted by Gasteiger charge is 2.57. The summed E-state index contributed by atoms with van der Waals surface area (Å²) in [6.07, 6.45) is -8.14. The molecule has 0 aromatic heterocycles. The summed E-state index contributed by atoms with van der Waals surface area (Å²) in [5.41, 5.74) is 1.18. The molecule has 0 unspecified atom stereocenters. The lowest BCUT2D eigenvalue weighted by Crippen LogP contribution is -2.66. The first-order valence-corrected chi connectivity index (χ1v) is 14.3.